The summed E-state index contributed by atoms with van der Waals surface area (Å²) in [6, 6.07) is 0. The van der Waals surface area contributed by atoms with Crippen LogP contribution < -0.4 is 0 Å². The minimum Gasteiger partial charge on any atom is -0.462 e. The number of rotatable bonds is 74. The number of ether oxygens (including phenoxy) is 4. The van der Waals surface area contributed by atoms with Gasteiger partial charge in [0.05, 0.1) is 26.4 Å². The van der Waals surface area contributed by atoms with Gasteiger partial charge < -0.3 is 33.8 Å². The molecule has 0 aromatic rings. The summed E-state index contributed by atoms with van der Waals surface area (Å²) in [6.07, 6.45) is 59.2. The highest BCUT2D eigenvalue weighted by Gasteiger charge is 2.30. The molecule has 0 spiro atoms. The molecule has 0 aromatic heterocycles. The predicted octanol–water partition coefficient (Wildman–Crippen LogP) is 22.3. The van der Waals surface area contributed by atoms with E-state index in [0.29, 0.717) is 25.7 Å². The Hall–Kier alpha value is -2.46. The topological polar surface area (TPSA) is 237 Å². The highest BCUT2D eigenvalue weighted by molar-refractivity contribution is 7.47. The van der Waals surface area contributed by atoms with E-state index in [4.69, 9.17) is 37.0 Å². The second-order valence-electron chi connectivity index (χ2n) is 28.0. The molecular weight excluding hydrogens is 1260 g/mol. The van der Waals surface area contributed by atoms with Crippen molar-refractivity contribution in [2.45, 2.75) is 394 Å². The molecule has 0 saturated heterocycles. The molecule has 19 heteroatoms. The van der Waals surface area contributed by atoms with Gasteiger partial charge >= 0.3 is 39.5 Å². The first-order valence-electron chi connectivity index (χ1n) is 39.3. The highest BCUT2D eigenvalue weighted by atomic mass is 31.2. The number of phosphoric acid groups is 2. The van der Waals surface area contributed by atoms with E-state index in [1.54, 1.807) is 0 Å². The first kappa shape index (κ1) is 93.5. The Morgan fingerprint density at radius 2 is 0.562 bits per heavy atom. The number of hydrogen-bond donors (Lipinski definition) is 3. The number of carbonyl (C=O) groups excluding carboxylic acids is 4. The molecule has 2 unspecified atom stereocenters. The Labute approximate surface area is 586 Å². The van der Waals surface area contributed by atoms with Crippen molar-refractivity contribution in [1.29, 1.82) is 0 Å². The van der Waals surface area contributed by atoms with E-state index in [-0.39, 0.29) is 25.7 Å². The lowest BCUT2D eigenvalue weighted by molar-refractivity contribution is -0.161. The van der Waals surface area contributed by atoms with Crippen LogP contribution in [-0.4, -0.2) is 96.7 Å². The van der Waals surface area contributed by atoms with Gasteiger partial charge in [0.1, 0.15) is 19.3 Å². The van der Waals surface area contributed by atoms with Gasteiger partial charge in [-0.05, 0) is 63.2 Å². The third-order valence-electron chi connectivity index (χ3n) is 17.3. The van der Waals surface area contributed by atoms with Crippen LogP contribution in [0.3, 0.4) is 0 Å². The summed E-state index contributed by atoms with van der Waals surface area (Å²) >= 11 is 0. The molecule has 0 aliphatic carbocycles. The Morgan fingerprint density at radius 3 is 0.854 bits per heavy atom. The minimum absolute atomic E-state index is 0.101. The number of allylic oxidation sites excluding steroid dienone is 4. The third-order valence-corrected chi connectivity index (χ3v) is 19.2. The summed E-state index contributed by atoms with van der Waals surface area (Å²) in [6.45, 7) is 9.53. The van der Waals surface area contributed by atoms with Crippen molar-refractivity contribution in [2.24, 2.45) is 11.8 Å². The number of hydrogen-bond acceptors (Lipinski definition) is 15. The Bertz CT molecular complexity index is 1950. The van der Waals surface area contributed by atoms with Crippen LogP contribution in [0, 0.1) is 11.8 Å². The van der Waals surface area contributed by atoms with Gasteiger partial charge in [-0.1, -0.05) is 323 Å². The van der Waals surface area contributed by atoms with Crippen LogP contribution in [-0.2, 0) is 65.4 Å². The summed E-state index contributed by atoms with van der Waals surface area (Å²) in [5, 5.41) is 10.6. The molecule has 0 fully saturated rings. The number of carbonyl (C=O) groups is 4. The zero-order chi connectivity index (χ0) is 70.7. The predicted molar refractivity (Wildman–Crippen MR) is 391 cm³/mol. The van der Waals surface area contributed by atoms with Crippen LogP contribution in [0.15, 0.2) is 24.3 Å². The van der Waals surface area contributed by atoms with Crippen molar-refractivity contribution >= 4 is 39.5 Å². The lowest BCUT2D eigenvalue weighted by Crippen LogP contribution is -2.30. The van der Waals surface area contributed by atoms with Crippen LogP contribution in [0.2, 0.25) is 0 Å². The molecule has 0 rings (SSSR count). The molecule has 96 heavy (non-hydrogen) atoms. The number of aliphatic hydroxyl groups is 1. The first-order valence-corrected chi connectivity index (χ1v) is 42.3. The van der Waals surface area contributed by atoms with Crippen LogP contribution >= 0.6 is 15.6 Å². The van der Waals surface area contributed by atoms with Gasteiger partial charge in [0, 0.05) is 25.7 Å². The molecule has 0 bridgehead atoms. The van der Waals surface area contributed by atoms with Crippen LogP contribution in [0.25, 0.3) is 0 Å². The maximum atomic E-state index is 13.1. The molecule has 0 aliphatic heterocycles. The van der Waals surface area contributed by atoms with Crippen molar-refractivity contribution in [3.05, 3.63) is 24.3 Å². The first-order chi connectivity index (χ1) is 46.4. The average molecular weight is 1410 g/mol. The van der Waals surface area contributed by atoms with Gasteiger partial charge in [0.25, 0.3) is 0 Å². The van der Waals surface area contributed by atoms with Crippen LogP contribution in [0.5, 0.6) is 0 Å². The molecule has 3 N–H and O–H groups in total. The minimum atomic E-state index is -4.96. The van der Waals surface area contributed by atoms with Gasteiger partial charge in [-0.15, -0.1) is 0 Å². The Morgan fingerprint density at radius 1 is 0.323 bits per heavy atom. The maximum absolute atomic E-state index is 13.1. The van der Waals surface area contributed by atoms with Gasteiger partial charge in [-0.2, -0.15) is 0 Å². The molecule has 0 saturated carbocycles. The second-order valence-corrected chi connectivity index (χ2v) is 30.9. The number of phosphoric ester groups is 2. The quantitative estimate of drug-likeness (QED) is 0.0169. The molecule has 0 aromatic carbocycles. The average Bonchev–Trinajstić information content (AvgIpc) is 2.08. The van der Waals surface area contributed by atoms with E-state index in [1.807, 2.05) is 0 Å². The van der Waals surface area contributed by atoms with Crippen molar-refractivity contribution in [3.63, 3.8) is 0 Å². The number of aliphatic hydroxyl groups excluding tert-OH is 1. The standard InChI is InChI=1S/C77H146O17P2/c1-7-9-11-13-15-16-17-18-21-25-31-36-42-48-54-60-75(80)88-66-73(94-77(82)61-55-49-43-37-32-26-23-20-19-22-24-29-34-40-45-51-57-69(3)4)68-92-96(85,86)90-64-71(78)63-89-95(83,84)91-67-72(65-87-74(79)59-53-47-39-14-12-10-8-2)93-76(81)62-56-50-44-38-33-28-27-30-35-41-46-52-58-70(5)6/h16-18,21,69-73,78H,7-15,19-20,22-68H2,1-6H3,(H,83,84)(H,85,86)/b17-16-,21-18-/t71-,72+,73+/m0/s1. The number of unbranched alkanes of at least 4 members (excludes halogenated alkanes) is 41. The zero-order valence-electron chi connectivity index (χ0n) is 62.2. The lowest BCUT2D eigenvalue weighted by atomic mass is 10.0. The smallest absolute Gasteiger partial charge is 0.462 e. The third kappa shape index (κ3) is 70.0. The molecule has 0 radical (unpaired) electrons. The fraction of sp³-hybridized carbons (Fsp3) is 0.896. The molecule has 17 nitrogen and oxygen atoms in total. The van der Waals surface area contributed by atoms with Gasteiger partial charge in [-0.25, -0.2) is 9.13 Å². The fourth-order valence-electron chi connectivity index (χ4n) is 11.3. The highest BCUT2D eigenvalue weighted by Crippen LogP contribution is 2.45. The molecule has 5 atom stereocenters. The molecular formula is C77H146O17P2. The summed E-state index contributed by atoms with van der Waals surface area (Å²) in [7, 11) is -9.92. The van der Waals surface area contributed by atoms with Crippen molar-refractivity contribution < 1.29 is 80.2 Å². The van der Waals surface area contributed by atoms with Crippen molar-refractivity contribution in [3.8, 4) is 0 Å². The summed E-state index contributed by atoms with van der Waals surface area (Å²) < 4.78 is 68.4. The Balaban J connectivity index is 5.22. The fourth-order valence-corrected chi connectivity index (χ4v) is 12.9. The van der Waals surface area contributed by atoms with Gasteiger partial charge in [0.2, 0.25) is 0 Å². The zero-order valence-corrected chi connectivity index (χ0v) is 63.9. The number of esters is 4. The normalized spacial score (nSPS) is 14.2. The summed E-state index contributed by atoms with van der Waals surface area (Å²) in [5.41, 5.74) is 0. The van der Waals surface area contributed by atoms with Crippen molar-refractivity contribution in [2.75, 3.05) is 39.6 Å². The van der Waals surface area contributed by atoms with Gasteiger partial charge in [-0.3, -0.25) is 37.3 Å². The van der Waals surface area contributed by atoms with Crippen LogP contribution in [0.1, 0.15) is 375 Å². The molecule has 0 aliphatic rings. The van der Waals surface area contributed by atoms with E-state index >= 15 is 0 Å². The Kier molecular flexibility index (Phi) is 66.6. The van der Waals surface area contributed by atoms with E-state index < -0.39 is 97.5 Å². The largest absolute Gasteiger partial charge is 0.472 e. The summed E-state index contributed by atoms with van der Waals surface area (Å²) in [4.78, 5) is 72.7. The van der Waals surface area contributed by atoms with Crippen LogP contribution in [0.4, 0.5) is 0 Å². The summed E-state index contributed by atoms with van der Waals surface area (Å²) in [5.74, 6) is -0.566. The molecule has 566 valence electrons. The monoisotopic (exact) mass is 1410 g/mol. The van der Waals surface area contributed by atoms with E-state index in [2.05, 4.69) is 65.8 Å². The van der Waals surface area contributed by atoms with Gasteiger partial charge in [0.15, 0.2) is 12.2 Å². The van der Waals surface area contributed by atoms with Crippen molar-refractivity contribution in [1.82, 2.24) is 0 Å². The second kappa shape index (κ2) is 68.3. The van der Waals surface area contributed by atoms with E-state index in [0.717, 1.165) is 134 Å². The lowest BCUT2D eigenvalue weighted by Gasteiger charge is -2.21. The SMILES string of the molecule is CCCCCC/C=C\C=C/CCCCCCCC(=O)OC[C@H](COP(=O)(O)OC[C@@H](O)COP(=O)(O)OC[C@@H](COC(=O)CCCCCCCCC)OC(=O)CCCCCCCCCCCCCCC(C)C)OC(=O)CCCCCCCCCCCCCCCCCCC(C)C. The van der Waals surface area contributed by atoms with E-state index in [9.17, 15) is 43.2 Å². The molecule has 0 heterocycles. The van der Waals surface area contributed by atoms with E-state index in [1.165, 1.54) is 161 Å². The maximum Gasteiger partial charge on any atom is 0.472 e. The molecule has 0 amide bonds.